The molecule has 0 unspecified atom stereocenters. The fraction of sp³-hybridized carbons (Fsp3) is 0.389. The van der Waals surface area contributed by atoms with Crippen LogP contribution < -0.4 is 5.56 Å². The van der Waals surface area contributed by atoms with E-state index in [0.29, 0.717) is 25.1 Å². The summed E-state index contributed by atoms with van der Waals surface area (Å²) in [7, 11) is 0. The lowest BCUT2D eigenvalue weighted by atomic mass is 10.0. The quantitative estimate of drug-likeness (QED) is 0.650. The van der Waals surface area contributed by atoms with Crippen molar-refractivity contribution in [2.45, 2.75) is 31.7 Å². The van der Waals surface area contributed by atoms with Crippen LogP contribution in [0.5, 0.6) is 0 Å². The Bertz CT molecular complexity index is 1070. The summed E-state index contributed by atoms with van der Waals surface area (Å²) in [5.41, 5.74) is 0.661. The molecule has 1 fully saturated rings. The van der Waals surface area contributed by atoms with E-state index in [1.165, 1.54) is 4.68 Å². The lowest BCUT2D eigenvalue weighted by molar-refractivity contribution is -0.138. The molecular formula is C18H18N6O3. The first-order valence-corrected chi connectivity index (χ1v) is 8.94. The number of ether oxygens (including phenoxy) is 1. The predicted octanol–water partition coefficient (Wildman–Crippen LogP) is 0.360. The molecule has 27 heavy (non-hydrogen) atoms. The monoisotopic (exact) mass is 366 g/mol. The number of carbonyl (C=O) groups excluding carboxylic acids is 1. The zero-order chi connectivity index (χ0) is 18.4. The highest BCUT2D eigenvalue weighted by Crippen LogP contribution is 2.30. The molecule has 2 aliphatic heterocycles. The third-order valence-corrected chi connectivity index (χ3v) is 5.33. The molecule has 1 saturated heterocycles. The maximum absolute atomic E-state index is 12.8. The first-order valence-electron chi connectivity index (χ1n) is 8.94. The van der Waals surface area contributed by atoms with Crippen LogP contribution in [0.25, 0.3) is 10.8 Å². The number of benzene rings is 1. The number of likely N-dealkylation sites (tertiary alicyclic amines) is 1. The third-order valence-electron chi connectivity index (χ3n) is 5.33. The smallest absolute Gasteiger partial charge is 0.275 e. The van der Waals surface area contributed by atoms with Crippen molar-refractivity contribution in [3.8, 4) is 0 Å². The number of fused-ring (bicyclic) bond motifs is 4. The Morgan fingerprint density at radius 3 is 3.07 bits per heavy atom. The van der Waals surface area contributed by atoms with E-state index in [2.05, 4.69) is 15.4 Å². The van der Waals surface area contributed by atoms with E-state index in [1.54, 1.807) is 29.4 Å². The summed E-state index contributed by atoms with van der Waals surface area (Å²) in [6.07, 6.45) is 4.07. The standard InChI is InChI=1S/C18H18N6O3/c25-17(10-23-18(26)14-4-2-1-3-12(14)7-20-23)22-6-5-16-15(9-22)24-13(11-27-16)8-19-21-24/h1-4,7-8,15-16H,5-6,9-11H2/t15-,16-/m1/s1. The van der Waals surface area contributed by atoms with Gasteiger partial charge in [-0.2, -0.15) is 5.10 Å². The maximum Gasteiger partial charge on any atom is 0.275 e. The van der Waals surface area contributed by atoms with Crippen molar-refractivity contribution >= 4 is 16.7 Å². The normalized spacial score (nSPS) is 21.7. The van der Waals surface area contributed by atoms with Crippen LogP contribution in [0.2, 0.25) is 0 Å². The van der Waals surface area contributed by atoms with E-state index in [1.807, 2.05) is 16.8 Å². The molecule has 9 nitrogen and oxygen atoms in total. The highest BCUT2D eigenvalue weighted by atomic mass is 16.5. The van der Waals surface area contributed by atoms with E-state index in [4.69, 9.17) is 4.74 Å². The van der Waals surface area contributed by atoms with Crippen LogP contribution in [-0.2, 0) is 22.7 Å². The van der Waals surface area contributed by atoms with Crippen molar-refractivity contribution in [3.05, 3.63) is 52.7 Å². The Kier molecular flexibility index (Phi) is 3.75. The molecule has 4 heterocycles. The number of nitrogens with zero attached hydrogens (tertiary/aromatic N) is 6. The Labute approximate surface area is 154 Å². The van der Waals surface area contributed by atoms with Crippen molar-refractivity contribution in [3.63, 3.8) is 0 Å². The van der Waals surface area contributed by atoms with Crippen LogP contribution in [0, 0.1) is 0 Å². The lowest BCUT2D eigenvalue weighted by Gasteiger charge is -2.41. The highest BCUT2D eigenvalue weighted by Gasteiger charge is 2.37. The Hall–Kier alpha value is -3.07. The van der Waals surface area contributed by atoms with Gasteiger partial charge < -0.3 is 9.64 Å². The van der Waals surface area contributed by atoms with Gasteiger partial charge in [-0.3, -0.25) is 9.59 Å². The molecule has 138 valence electrons. The molecular weight excluding hydrogens is 348 g/mol. The summed E-state index contributed by atoms with van der Waals surface area (Å²) < 4.78 is 8.96. The summed E-state index contributed by atoms with van der Waals surface area (Å²) >= 11 is 0. The molecule has 0 radical (unpaired) electrons. The lowest BCUT2D eigenvalue weighted by Crippen LogP contribution is -2.51. The largest absolute Gasteiger partial charge is 0.370 e. The van der Waals surface area contributed by atoms with Gasteiger partial charge >= 0.3 is 0 Å². The summed E-state index contributed by atoms with van der Waals surface area (Å²) in [5.74, 6) is -0.134. The van der Waals surface area contributed by atoms with Gasteiger partial charge in [0.25, 0.3) is 5.56 Å². The van der Waals surface area contributed by atoms with Gasteiger partial charge in [-0.15, -0.1) is 5.10 Å². The summed E-state index contributed by atoms with van der Waals surface area (Å²) in [4.78, 5) is 27.2. The van der Waals surface area contributed by atoms with Crippen molar-refractivity contribution in [2.75, 3.05) is 13.1 Å². The van der Waals surface area contributed by atoms with Crippen molar-refractivity contribution < 1.29 is 9.53 Å². The Morgan fingerprint density at radius 1 is 1.26 bits per heavy atom. The number of hydrogen-bond donors (Lipinski definition) is 0. The SMILES string of the molecule is O=C(Cn1ncc2ccccc2c1=O)N1CC[C@H]2OCc3cnnn3[C@@H]2C1. The fourth-order valence-electron chi connectivity index (χ4n) is 3.87. The fourth-order valence-corrected chi connectivity index (χ4v) is 3.87. The zero-order valence-corrected chi connectivity index (χ0v) is 14.6. The molecule has 0 bridgehead atoms. The first kappa shape index (κ1) is 16.1. The number of rotatable bonds is 2. The molecule has 0 saturated carbocycles. The second-order valence-corrected chi connectivity index (χ2v) is 6.91. The van der Waals surface area contributed by atoms with Gasteiger partial charge in [0.1, 0.15) is 6.54 Å². The molecule has 2 aromatic heterocycles. The topological polar surface area (TPSA) is 95.1 Å². The van der Waals surface area contributed by atoms with Crippen LogP contribution in [0.3, 0.4) is 0 Å². The number of carbonyl (C=O) groups is 1. The molecule has 2 aliphatic rings. The van der Waals surface area contributed by atoms with Gasteiger partial charge in [-0.25, -0.2) is 9.36 Å². The van der Waals surface area contributed by atoms with Crippen LogP contribution in [-0.4, -0.2) is 54.8 Å². The molecule has 0 N–H and O–H groups in total. The van der Waals surface area contributed by atoms with E-state index < -0.39 is 0 Å². The van der Waals surface area contributed by atoms with Crippen molar-refractivity contribution in [1.82, 2.24) is 29.7 Å². The number of piperidine rings is 1. The average molecular weight is 366 g/mol. The van der Waals surface area contributed by atoms with Gasteiger partial charge in [-0.1, -0.05) is 23.4 Å². The molecule has 1 aromatic carbocycles. The van der Waals surface area contributed by atoms with Crippen LogP contribution in [0.15, 0.2) is 41.5 Å². The van der Waals surface area contributed by atoms with Gasteiger partial charge in [0.15, 0.2) is 0 Å². The second kappa shape index (κ2) is 6.27. The molecule has 0 aliphatic carbocycles. The first-order chi connectivity index (χ1) is 13.2. The van der Waals surface area contributed by atoms with E-state index >= 15 is 0 Å². The number of amides is 1. The molecule has 0 spiro atoms. The maximum atomic E-state index is 12.8. The minimum absolute atomic E-state index is 0.0322. The minimum Gasteiger partial charge on any atom is -0.370 e. The van der Waals surface area contributed by atoms with E-state index in [9.17, 15) is 9.59 Å². The van der Waals surface area contributed by atoms with Crippen LogP contribution in [0.4, 0.5) is 0 Å². The van der Waals surface area contributed by atoms with Gasteiger partial charge in [0.05, 0.1) is 42.2 Å². The minimum atomic E-state index is -0.254. The molecule has 1 amide bonds. The number of hydrogen-bond acceptors (Lipinski definition) is 6. The summed E-state index contributed by atoms with van der Waals surface area (Å²) in [6.45, 7) is 1.50. The van der Waals surface area contributed by atoms with Crippen LogP contribution in [0.1, 0.15) is 18.2 Å². The molecule has 9 heteroatoms. The van der Waals surface area contributed by atoms with E-state index in [0.717, 1.165) is 17.5 Å². The van der Waals surface area contributed by atoms with Crippen molar-refractivity contribution in [2.24, 2.45) is 0 Å². The third kappa shape index (κ3) is 2.71. The van der Waals surface area contributed by atoms with Gasteiger partial charge in [-0.05, 0) is 12.5 Å². The molecule has 5 rings (SSSR count). The Balaban J connectivity index is 1.37. The van der Waals surface area contributed by atoms with Gasteiger partial charge in [0, 0.05) is 18.5 Å². The molecule has 3 aromatic rings. The summed E-state index contributed by atoms with van der Waals surface area (Å²) in [6, 6.07) is 7.19. The average Bonchev–Trinajstić information content (AvgIpc) is 3.19. The summed E-state index contributed by atoms with van der Waals surface area (Å²) in [5, 5.41) is 13.6. The zero-order valence-electron chi connectivity index (χ0n) is 14.6. The molecule has 2 atom stereocenters. The van der Waals surface area contributed by atoms with Crippen LogP contribution >= 0.6 is 0 Å². The Morgan fingerprint density at radius 2 is 2.15 bits per heavy atom. The highest BCUT2D eigenvalue weighted by molar-refractivity contribution is 5.81. The second-order valence-electron chi connectivity index (χ2n) is 6.91. The van der Waals surface area contributed by atoms with Gasteiger partial charge in [0.2, 0.25) is 5.91 Å². The predicted molar refractivity (Wildman–Crippen MR) is 94.8 cm³/mol. The van der Waals surface area contributed by atoms with Crippen molar-refractivity contribution in [1.29, 1.82) is 0 Å². The van der Waals surface area contributed by atoms with E-state index in [-0.39, 0.29) is 30.2 Å². The number of aromatic nitrogens is 5.